The van der Waals surface area contributed by atoms with E-state index >= 15 is 0 Å². The molecule has 2 N–H and O–H groups in total. The van der Waals surface area contributed by atoms with Crippen LogP contribution < -0.4 is 20.1 Å². The maximum atomic E-state index is 13.6. The summed E-state index contributed by atoms with van der Waals surface area (Å²) in [6, 6.07) is 17.1. The van der Waals surface area contributed by atoms with Crippen molar-refractivity contribution < 1.29 is 18.7 Å². The molecule has 1 aromatic heterocycles. The number of carbonyl (C=O) groups is 1. The molecule has 1 heterocycles. The zero-order valence-electron chi connectivity index (χ0n) is 16.0. The van der Waals surface area contributed by atoms with Gasteiger partial charge in [-0.15, -0.1) is 0 Å². The molecule has 0 saturated carbocycles. The molecule has 0 aliphatic rings. The maximum Gasteiger partial charge on any atom is 0.252 e. The molecule has 3 rings (SSSR count). The van der Waals surface area contributed by atoms with Crippen LogP contribution in [0.2, 0.25) is 0 Å². The number of methoxy groups -OCH3 is 1. The van der Waals surface area contributed by atoms with Crippen molar-refractivity contribution in [3.63, 3.8) is 0 Å². The Labute approximate surface area is 168 Å². The van der Waals surface area contributed by atoms with E-state index in [4.69, 9.17) is 9.47 Å². The predicted molar refractivity (Wildman–Crippen MR) is 109 cm³/mol. The Morgan fingerprint density at radius 1 is 1.03 bits per heavy atom. The van der Waals surface area contributed by atoms with E-state index in [1.807, 2.05) is 0 Å². The molecular weight excluding hydrogens is 373 g/mol. The quantitative estimate of drug-likeness (QED) is 0.541. The van der Waals surface area contributed by atoms with Crippen molar-refractivity contribution in [1.82, 2.24) is 10.3 Å². The number of rotatable bonds is 9. The lowest BCUT2D eigenvalue weighted by Gasteiger charge is -2.09. The summed E-state index contributed by atoms with van der Waals surface area (Å²) in [4.78, 5) is 16.4. The summed E-state index contributed by atoms with van der Waals surface area (Å²) in [5.41, 5.74) is 0.985. The van der Waals surface area contributed by atoms with Gasteiger partial charge in [0.1, 0.15) is 29.7 Å². The largest absolute Gasteiger partial charge is 0.497 e. The molecule has 0 radical (unpaired) electrons. The second-order valence-electron chi connectivity index (χ2n) is 6.16. The van der Waals surface area contributed by atoms with E-state index in [0.717, 1.165) is 5.75 Å². The average molecular weight is 395 g/mol. The smallest absolute Gasteiger partial charge is 0.252 e. The number of nitrogens with zero attached hydrogens (tertiary/aromatic N) is 1. The Kier molecular flexibility index (Phi) is 7.00. The minimum absolute atomic E-state index is 0.239. The maximum absolute atomic E-state index is 13.6. The second-order valence-corrected chi connectivity index (χ2v) is 6.16. The molecule has 2 aromatic carbocycles. The van der Waals surface area contributed by atoms with Crippen LogP contribution in [0.25, 0.3) is 0 Å². The van der Waals surface area contributed by atoms with Crippen LogP contribution >= 0.6 is 0 Å². The predicted octanol–water partition coefficient (Wildman–Crippen LogP) is 3.65. The van der Waals surface area contributed by atoms with E-state index in [0.29, 0.717) is 42.4 Å². The molecule has 0 unspecified atom stereocenters. The monoisotopic (exact) mass is 395 g/mol. The highest BCUT2D eigenvalue weighted by Crippen LogP contribution is 2.16. The van der Waals surface area contributed by atoms with Gasteiger partial charge in [-0.2, -0.15) is 0 Å². The molecular formula is C22H22FN3O3. The van der Waals surface area contributed by atoms with Crippen molar-refractivity contribution in [2.45, 2.75) is 6.54 Å². The first kappa shape index (κ1) is 20.1. The van der Waals surface area contributed by atoms with Crippen LogP contribution in [-0.4, -0.2) is 31.2 Å². The molecule has 0 atom stereocenters. The number of ether oxygens (including phenoxy) is 2. The third-order valence-electron chi connectivity index (χ3n) is 4.16. The second kappa shape index (κ2) is 10.1. The number of carbonyl (C=O) groups excluding carboxylic acids is 1. The highest BCUT2D eigenvalue weighted by Gasteiger charge is 2.06. The van der Waals surface area contributed by atoms with Crippen LogP contribution in [0.1, 0.15) is 15.9 Å². The summed E-state index contributed by atoms with van der Waals surface area (Å²) >= 11 is 0. The van der Waals surface area contributed by atoms with Crippen LogP contribution in [0.15, 0.2) is 66.9 Å². The van der Waals surface area contributed by atoms with Crippen molar-refractivity contribution in [2.24, 2.45) is 0 Å². The Bertz CT molecular complexity index is 931. The number of hydrogen-bond donors (Lipinski definition) is 2. The highest BCUT2D eigenvalue weighted by molar-refractivity contribution is 5.94. The first-order valence-electron chi connectivity index (χ1n) is 9.14. The fraction of sp³-hybridized carbons (Fsp3) is 0.182. The van der Waals surface area contributed by atoms with Gasteiger partial charge in [-0.1, -0.05) is 18.2 Å². The average Bonchev–Trinajstić information content (AvgIpc) is 2.77. The minimum Gasteiger partial charge on any atom is -0.497 e. The van der Waals surface area contributed by atoms with Gasteiger partial charge < -0.3 is 20.1 Å². The zero-order chi connectivity index (χ0) is 20.5. The SMILES string of the molecule is COc1ccc(OCCNC(=O)c2ccc(NCc3ccccc3F)nc2)cc1. The van der Waals surface area contributed by atoms with Crippen LogP contribution in [0.4, 0.5) is 10.2 Å². The Morgan fingerprint density at radius 2 is 1.79 bits per heavy atom. The molecule has 6 nitrogen and oxygen atoms in total. The van der Waals surface area contributed by atoms with Crippen LogP contribution in [0.3, 0.4) is 0 Å². The number of benzene rings is 2. The number of anilines is 1. The molecule has 0 aliphatic carbocycles. The Balaban J connectivity index is 1.42. The highest BCUT2D eigenvalue weighted by atomic mass is 19.1. The van der Waals surface area contributed by atoms with Gasteiger partial charge in [-0.25, -0.2) is 9.37 Å². The normalized spacial score (nSPS) is 10.3. The summed E-state index contributed by atoms with van der Waals surface area (Å²) in [5, 5.41) is 5.81. The molecule has 0 fully saturated rings. The van der Waals surface area contributed by atoms with Crippen molar-refractivity contribution in [2.75, 3.05) is 25.6 Å². The number of amides is 1. The lowest BCUT2D eigenvalue weighted by atomic mass is 10.2. The van der Waals surface area contributed by atoms with E-state index in [9.17, 15) is 9.18 Å². The van der Waals surface area contributed by atoms with Gasteiger partial charge in [0.15, 0.2) is 0 Å². The van der Waals surface area contributed by atoms with Gasteiger partial charge in [0.2, 0.25) is 0 Å². The molecule has 29 heavy (non-hydrogen) atoms. The van der Waals surface area contributed by atoms with Crippen LogP contribution in [-0.2, 0) is 6.54 Å². The van der Waals surface area contributed by atoms with E-state index in [1.165, 1.54) is 12.3 Å². The van der Waals surface area contributed by atoms with Gasteiger partial charge in [0.25, 0.3) is 5.91 Å². The molecule has 1 amide bonds. The lowest BCUT2D eigenvalue weighted by Crippen LogP contribution is -2.28. The molecule has 7 heteroatoms. The van der Waals surface area contributed by atoms with Crippen molar-refractivity contribution in [1.29, 1.82) is 0 Å². The Hall–Kier alpha value is -3.61. The topological polar surface area (TPSA) is 72.5 Å². The molecule has 0 spiro atoms. The first-order valence-corrected chi connectivity index (χ1v) is 9.14. The fourth-order valence-corrected chi connectivity index (χ4v) is 2.57. The summed E-state index contributed by atoms with van der Waals surface area (Å²) in [5.74, 6) is 1.51. The summed E-state index contributed by atoms with van der Waals surface area (Å²) in [6.07, 6.45) is 1.48. The molecule has 0 aliphatic heterocycles. The minimum atomic E-state index is -0.271. The Morgan fingerprint density at radius 3 is 2.48 bits per heavy atom. The van der Waals surface area contributed by atoms with Gasteiger partial charge in [-0.3, -0.25) is 4.79 Å². The van der Waals surface area contributed by atoms with E-state index in [2.05, 4.69) is 15.6 Å². The summed E-state index contributed by atoms with van der Waals surface area (Å²) in [7, 11) is 1.60. The number of nitrogens with one attached hydrogen (secondary N) is 2. The summed E-state index contributed by atoms with van der Waals surface area (Å²) < 4.78 is 24.3. The number of aromatic nitrogens is 1. The number of halogens is 1. The lowest BCUT2D eigenvalue weighted by molar-refractivity contribution is 0.0946. The van der Waals surface area contributed by atoms with Gasteiger partial charge in [0.05, 0.1) is 19.2 Å². The van der Waals surface area contributed by atoms with Crippen molar-refractivity contribution >= 4 is 11.7 Å². The molecule has 0 bridgehead atoms. The van der Waals surface area contributed by atoms with E-state index in [1.54, 1.807) is 61.7 Å². The molecule has 0 saturated heterocycles. The van der Waals surface area contributed by atoms with E-state index in [-0.39, 0.29) is 11.7 Å². The van der Waals surface area contributed by atoms with Gasteiger partial charge in [-0.05, 0) is 42.5 Å². The van der Waals surface area contributed by atoms with Crippen molar-refractivity contribution in [3.05, 3.63) is 83.8 Å². The third kappa shape index (κ3) is 5.93. The zero-order valence-corrected chi connectivity index (χ0v) is 16.0. The van der Waals surface area contributed by atoms with E-state index < -0.39 is 0 Å². The fourth-order valence-electron chi connectivity index (χ4n) is 2.57. The van der Waals surface area contributed by atoms with Crippen LogP contribution in [0.5, 0.6) is 11.5 Å². The molecule has 3 aromatic rings. The number of pyridine rings is 1. The standard InChI is InChI=1S/C22H22FN3O3/c1-28-18-7-9-19(10-8-18)29-13-12-24-22(27)17-6-11-21(26-15-17)25-14-16-4-2-3-5-20(16)23/h2-11,15H,12-14H2,1H3,(H,24,27)(H,25,26). The van der Waals surface area contributed by atoms with Crippen LogP contribution in [0, 0.1) is 5.82 Å². The van der Waals surface area contributed by atoms with Crippen molar-refractivity contribution in [3.8, 4) is 11.5 Å². The van der Waals surface area contributed by atoms with Gasteiger partial charge >= 0.3 is 0 Å². The summed E-state index contributed by atoms with van der Waals surface area (Å²) in [6.45, 7) is 1.01. The number of hydrogen-bond acceptors (Lipinski definition) is 5. The molecule has 150 valence electrons. The third-order valence-corrected chi connectivity index (χ3v) is 4.16. The first-order chi connectivity index (χ1) is 14.2. The van der Waals surface area contributed by atoms with Gasteiger partial charge in [0, 0.05) is 18.3 Å².